The fourth-order valence-electron chi connectivity index (χ4n) is 2.41. The average Bonchev–Trinajstić information content (AvgIpc) is 3.15. The molecule has 1 saturated heterocycles. The number of amides is 1. The molecule has 21 heavy (non-hydrogen) atoms. The summed E-state index contributed by atoms with van der Waals surface area (Å²) in [5, 5.41) is 16.0. The Kier molecular flexibility index (Phi) is 3.72. The second kappa shape index (κ2) is 5.67. The Morgan fingerprint density at radius 3 is 2.95 bits per heavy atom. The topological polar surface area (TPSA) is 87.4 Å². The van der Waals surface area contributed by atoms with Crippen LogP contribution in [0, 0.1) is 0 Å². The molecule has 1 unspecified atom stereocenters. The van der Waals surface area contributed by atoms with E-state index in [2.05, 4.69) is 15.6 Å². The number of hydrogen-bond donors (Lipinski definition) is 3. The van der Waals surface area contributed by atoms with Gasteiger partial charge in [-0.05, 0) is 13.0 Å². The first-order valence-corrected chi connectivity index (χ1v) is 6.88. The zero-order valence-electron chi connectivity index (χ0n) is 11.5. The largest absolute Gasteiger partial charge is 0.443 e. The van der Waals surface area contributed by atoms with Gasteiger partial charge >= 0.3 is 0 Å². The fraction of sp³-hybridized carbons (Fsp3) is 0.333. The molecule has 1 aromatic heterocycles. The van der Waals surface area contributed by atoms with Crippen molar-refractivity contribution in [3.63, 3.8) is 0 Å². The highest BCUT2D eigenvalue weighted by Gasteiger charge is 2.32. The number of rotatable bonds is 4. The number of carbonyl (C=O) groups excluding carboxylic acids is 1. The van der Waals surface area contributed by atoms with Crippen molar-refractivity contribution in [2.45, 2.75) is 12.0 Å². The summed E-state index contributed by atoms with van der Waals surface area (Å²) in [6.07, 6.45) is 1.88. The predicted molar refractivity (Wildman–Crippen MR) is 76.7 cm³/mol. The summed E-state index contributed by atoms with van der Waals surface area (Å²) in [6, 6.07) is 9.33. The summed E-state index contributed by atoms with van der Waals surface area (Å²) in [6.45, 7) is 1.43. The number of aliphatic hydroxyl groups is 1. The molecule has 3 rings (SSSR count). The first-order valence-electron chi connectivity index (χ1n) is 6.88. The molecule has 110 valence electrons. The zero-order valence-corrected chi connectivity index (χ0v) is 11.5. The van der Waals surface area contributed by atoms with Crippen molar-refractivity contribution in [3.05, 3.63) is 42.4 Å². The van der Waals surface area contributed by atoms with Gasteiger partial charge in [-0.2, -0.15) is 0 Å². The third kappa shape index (κ3) is 2.96. The molecule has 1 aromatic carbocycles. The quantitative estimate of drug-likeness (QED) is 0.774. The van der Waals surface area contributed by atoms with Gasteiger partial charge in [0.15, 0.2) is 17.8 Å². The molecular weight excluding hydrogens is 270 g/mol. The van der Waals surface area contributed by atoms with E-state index < -0.39 is 5.60 Å². The van der Waals surface area contributed by atoms with Crippen LogP contribution in [0.3, 0.4) is 0 Å². The van der Waals surface area contributed by atoms with E-state index >= 15 is 0 Å². The minimum Gasteiger partial charge on any atom is -0.443 e. The lowest BCUT2D eigenvalue weighted by Gasteiger charge is -2.21. The van der Waals surface area contributed by atoms with Gasteiger partial charge in [-0.15, -0.1) is 0 Å². The first kappa shape index (κ1) is 13.8. The normalized spacial score (nSPS) is 21.4. The van der Waals surface area contributed by atoms with Crippen LogP contribution in [0.5, 0.6) is 0 Å². The Hall–Kier alpha value is -2.18. The third-order valence-corrected chi connectivity index (χ3v) is 3.62. The lowest BCUT2D eigenvalue weighted by molar-refractivity contribution is 0.0560. The molecule has 2 aromatic rings. The number of benzene rings is 1. The third-order valence-electron chi connectivity index (χ3n) is 3.62. The van der Waals surface area contributed by atoms with E-state index in [0.29, 0.717) is 18.7 Å². The van der Waals surface area contributed by atoms with Crippen LogP contribution >= 0.6 is 0 Å². The summed E-state index contributed by atoms with van der Waals surface area (Å²) in [7, 11) is 0. The molecule has 1 atom stereocenters. The van der Waals surface area contributed by atoms with E-state index in [1.54, 1.807) is 0 Å². The van der Waals surface area contributed by atoms with Crippen LogP contribution < -0.4 is 10.6 Å². The molecule has 1 amide bonds. The average molecular weight is 287 g/mol. The summed E-state index contributed by atoms with van der Waals surface area (Å²) in [5.74, 6) is 0.0903. The minimum atomic E-state index is -0.883. The van der Waals surface area contributed by atoms with Gasteiger partial charge in [-0.3, -0.25) is 4.79 Å². The molecule has 3 N–H and O–H groups in total. The van der Waals surface area contributed by atoms with Crippen LogP contribution in [0.2, 0.25) is 0 Å². The van der Waals surface area contributed by atoms with Crippen molar-refractivity contribution in [2.24, 2.45) is 0 Å². The monoisotopic (exact) mass is 287 g/mol. The Morgan fingerprint density at radius 2 is 2.24 bits per heavy atom. The van der Waals surface area contributed by atoms with Crippen molar-refractivity contribution < 1.29 is 14.3 Å². The molecule has 1 aliphatic heterocycles. The SMILES string of the molecule is O=C(NCC1(O)CCNC1)c1ncoc1-c1ccccc1. The maximum Gasteiger partial charge on any atom is 0.274 e. The van der Waals surface area contributed by atoms with E-state index in [0.717, 1.165) is 12.1 Å². The number of carbonyl (C=O) groups is 1. The van der Waals surface area contributed by atoms with E-state index in [-0.39, 0.29) is 18.1 Å². The Morgan fingerprint density at radius 1 is 1.43 bits per heavy atom. The molecule has 0 bridgehead atoms. The van der Waals surface area contributed by atoms with Crippen molar-refractivity contribution in [1.82, 2.24) is 15.6 Å². The minimum absolute atomic E-state index is 0.194. The van der Waals surface area contributed by atoms with Gasteiger partial charge in [0.05, 0.1) is 5.60 Å². The van der Waals surface area contributed by atoms with E-state index in [1.807, 2.05) is 30.3 Å². The molecule has 0 spiro atoms. The number of β-amino-alcohol motifs (C(OH)–C–C–N with tert-alkyl or cyclic N) is 1. The molecule has 0 radical (unpaired) electrons. The van der Waals surface area contributed by atoms with Gasteiger partial charge in [0.25, 0.3) is 5.91 Å². The van der Waals surface area contributed by atoms with Gasteiger partial charge < -0.3 is 20.2 Å². The summed E-state index contributed by atoms with van der Waals surface area (Å²) >= 11 is 0. The van der Waals surface area contributed by atoms with Gasteiger partial charge in [-0.25, -0.2) is 4.98 Å². The number of nitrogens with zero attached hydrogens (tertiary/aromatic N) is 1. The summed E-state index contributed by atoms with van der Waals surface area (Å²) < 4.78 is 5.32. The number of hydrogen-bond acceptors (Lipinski definition) is 5. The maximum atomic E-state index is 12.2. The number of oxazole rings is 1. The lowest BCUT2D eigenvalue weighted by Crippen LogP contribution is -2.44. The van der Waals surface area contributed by atoms with Gasteiger partial charge in [-0.1, -0.05) is 30.3 Å². The van der Waals surface area contributed by atoms with Gasteiger partial charge in [0.2, 0.25) is 0 Å². The predicted octanol–water partition coefficient (Wildman–Crippen LogP) is 0.796. The van der Waals surface area contributed by atoms with Crippen molar-refractivity contribution in [2.75, 3.05) is 19.6 Å². The lowest BCUT2D eigenvalue weighted by atomic mass is 10.0. The summed E-state index contributed by atoms with van der Waals surface area (Å²) in [5.41, 5.74) is 0.143. The van der Waals surface area contributed by atoms with Gasteiger partial charge in [0.1, 0.15) is 0 Å². The standard InChI is InChI=1S/C15H17N3O3/c19-14(17-9-15(20)6-7-16-8-15)12-13(21-10-18-12)11-4-2-1-3-5-11/h1-5,10,16,20H,6-9H2,(H,17,19). The molecule has 6 heteroatoms. The molecule has 6 nitrogen and oxygen atoms in total. The highest BCUT2D eigenvalue weighted by atomic mass is 16.3. The number of nitrogens with one attached hydrogen (secondary N) is 2. The Bertz CT molecular complexity index is 618. The second-order valence-electron chi connectivity index (χ2n) is 5.23. The van der Waals surface area contributed by atoms with E-state index in [9.17, 15) is 9.90 Å². The highest BCUT2D eigenvalue weighted by molar-refractivity contribution is 5.97. The Labute approximate surface area is 122 Å². The van der Waals surface area contributed by atoms with Crippen molar-refractivity contribution in [1.29, 1.82) is 0 Å². The maximum absolute atomic E-state index is 12.2. The van der Waals surface area contributed by atoms with Crippen LogP contribution in [0.4, 0.5) is 0 Å². The van der Waals surface area contributed by atoms with Crippen LogP contribution in [0.1, 0.15) is 16.9 Å². The van der Waals surface area contributed by atoms with Crippen molar-refractivity contribution in [3.8, 4) is 11.3 Å². The smallest absolute Gasteiger partial charge is 0.274 e. The molecule has 0 aliphatic carbocycles. The van der Waals surface area contributed by atoms with Crippen LogP contribution in [-0.4, -0.2) is 41.2 Å². The van der Waals surface area contributed by atoms with Crippen LogP contribution in [-0.2, 0) is 0 Å². The number of aromatic nitrogens is 1. The molecule has 2 heterocycles. The van der Waals surface area contributed by atoms with Crippen LogP contribution in [0.15, 0.2) is 41.1 Å². The van der Waals surface area contributed by atoms with Crippen LogP contribution in [0.25, 0.3) is 11.3 Å². The van der Waals surface area contributed by atoms with Gasteiger partial charge in [0, 0.05) is 18.7 Å². The highest BCUT2D eigenvalue weighted by Crippen LogP contribution is 2.22. The first-order chi connectivity index (χ1) is 10.2. The molecular formula is C15H17N3O3. The van der Waals surface area contributed by atoms with Crippen molar-refractivity contribution >= 4 is 5.91 Å². The zero-order chi connectivity index (χ0) is 14.7. The molecule has 0 saturated carbocycles. The fourth-order valence-corrected chi connectivity index (χ4v) is 2.41. The van der Waals surface area contributed by atoms with E-state index in [4.69, 9.17) is 4.42 Å². The summed E-state index contributed by atoms with van der Waals surface area (Å²) in [4.78, 5) is 16.2. The van der Waals surface area contributed by atoms with E-state index in [1.165, 1.54) is 6.39 Å². The molecule has 1 aliphatic rings. The Balaban J connectivity index is 1.72. The molecule has 1 fully saturated rings. The second-order valence-corrected chi connectivity index (χ2v) is 5.23.